The molecule has 0 spiro atoms. The number of nitrogens with zero attached hydrogens (tertiary/aromatic N) is 2. The molecule has 0 radical (unpaired) electrons. The number of hydrogen-bond acceptors (Lipinski definition) is 3. The molecular formula is C8H10N2O. The summed E-state index contributed by atoms with van der Waals surface area (Å²) in [5.74, 6) is 0. The molecule has 0 rings (SSSR count). The van der Waals surface area contributed by atoms with E-state index in [1.807, 2.05) is 13.0 Å². The molecule has 0 aliphatic heterocycles. The van der Waals surface area contributed by atoms with E-state index in [1.165, 1.54) is 0 Å². The summed E-state index contributed by atoms with van der Waals surface area (Å²) in [6.45, 7) is 3.57. The smallest absolute Gasteiger partial charge is 0.182 e. The van der Waals surface area contributed by atoms with Gasteiger partial charge in [0.2, 0.25) is 0 Å². The van der Waals surface area contributed by atoms with Crippen LogP contribution < -0.4 is 0 Å². The lowest BCUT2D eigenvalue weighted by Gasteiger charge is -1.90. The topological polar surface area (TPSA) is 56.4 Å². The van der Waals surface area contributed by atoms with Crippen LogP contribution in [0.5, 0.6) is 0 Å². The first-order valence-corrected chi connectivity index (χ1v) is 3.18. The normalized spacial score (nSPS) is 13.5. The Morgan fingerprint density at radius 2 is 2.27 bits per heavy atom. The summed E-state index contributed by atoms with van der Waals surface area (Å²) < 4.78 is 0. The zero-order valence-corrected chi connectivity index (χ0v) is 6.57. The molecule has 3 nitrogen and oxygen atoms in total. The van der Waals surface area contributed by atoms with Crippen molar-refractivity contribution in [2.24, 2.45) is 5.16 Å². The van der Waals surface area contributed by atoms with Crippen molar-refractivity contribution in [2.75, 3.05) is 0 Å². The van der Waals surface area contributed by atoms with Crippen molar-refractivity contribution in [3.63, 3.8) is 0 Å². The zero-order chi connectivity index (χ0) is 8.69. The lowest BCUT2D eigenvalue weighted by molar-refractivity contribution is 0.320. The maximum Gasteiger partial charge on any atom is 0.182 e. The van der Waals surface area contributed by atoms with Crippen molar-refractivity contribution in [1.29, 1.82) is 5.26 Å². The molecular weight excluding hydrogens is 140 g/mol. The van der Waals surface area contributed by atoms with Gasteiger partial charge in [-0.2, -0.15) is 5.26 Å². The van der Waals surface area contributed by atoms with E-state index >= 15 is 0 Å². The van der Waals surface area contributed by atoms with E-state index in [4.69, 9.17) is 10.5 Å². The molecule has 0 aromatic rings. The molecule has 0 unspecified atom stereocenters. The zero-order valence-electron chi connectivity index (χ0n) is 6.57. The molecule has 0 amide bonds. The summed E-state index contributed by atoms with van der Waals surface area (Å²) in [7, 11) is 0. The average Bonchev–Trinajstić information content (AvgIpc) is 2.03. The molecule has 0 atom stereocenters. The number of allylic oxidation sites excluding steroid dienone is 4. The predicted molar refractivity (Wildman–Crippen MR) is 43.4 cm³/mol. The predicted octanol–water partition coefficient (Wildman–Crippen LogP) is 1.86. The fraction of sp³-hybridized carbons (Fsp3) is 0.250. The van der Waals surface area contributed by atoms with Crippen molar-refractivity contribution in [2.45, 2.75) is 13.8 Å². The first kappa shape index (κ1) is 9.44. The molecule has 3 heteroatoms. The van der Waals surface area contributed by atoms with Crippen molar-refractivity contribution in [3.8, 4) is 6.07 Å². The van der Waals surface area contributed by atoms with Crippen LogP contribution in [0.3, 0.4) is 0 Å². The standard InChI is InChI=1S/C8H10N2O/c1-3-4-5-7(2)8(6-9)10-11/h3-5,11H,1-2H3/b4-3-,7-5-,10-8+. The van der Waals surface area contributed by atoms with Crippen LogP contribution in [0, 0.1) is 11.3 Å². The average molecular weight is 150 g/mol. The van der Waals surface area contributed by atoms with Gasteiger partial charge in [0.15, 0.2) is 5.71 Å². The van der Waals surface area contributed by atoms with Crippen molar-refractivity contribution in [3.05, 3.63) is 23.8 Å². The lowest BCUT2D eigenvalue weighted by atomic mass is 10.2. The molecule has 0 aliphatic carbocycles. The van der Waals surface area contributed by atoms with Crippen LogP contribution in [0.1, 0.15) is 13.8 Å². The molecule has 0 heterocycles. The van der Waals surface area contributed by atoms with Gasteiger partial charge in [0.1, 0.15) is 6.07 Å². The third-order valence-corrected chi connectivity index (χ3v) is 1.12. The molecule has 1 N–H and O–H groups in total. The molecule has 58 valence electrons. The molecule has 0 saturated carbocycles. The third kappa shape index (κ3) is 3.21. The van der Waals surface area contributed by atoms with Gasteiger partial charge in [-0.05, 0) is 19.4 Å². The highest BCUT2D eigenvalue weighted by atomic mass is 16.4. The minimum Gasteiger partial charge on any atom is -0.410 e. The Morgan fingerprint density at radius 1 is 1.64 bits per heavy atom. The summed E-state index contributed by atoms with van der Waals surface area (Å²) in [6, 6.07) is 1.76. The Hall–Kier alpha value is -1.56. The lowest BCUT2D eigenvalue weighted by Crippen LogP contribution is -1.94. The molecule has 0 saturated heterocycles. The Kier molecular flexibility index (Phi) is 4.50. The minimum absolute atomic E-state index is 0.0445. The summed E-state index contributed by atoms with van der Waals surface area (Å²) in [4.78, 5) is 0. The molecule has 0 fully saturated rings. The van der Waals surface area contributed by atoms with Crippen LogP contribution in [0.25, 0.3) is 0 Å². The van der Waals surface area contributed by atoms with Crippen LogP contribution >= 0.6 is 0 Å². The van der Waals surface area contributed by atoms with Crippen LogP contribution in [0.4, 0.5) is 0 Å². The number of oxime groups is 1. The first-order chi connectivity index (χ1) is 5.26. The van der Waals surface area contributed by atoms with Crippen LogP contribution in [0.2, 0.25) is 0 Å². The maximum atomic E-state index is 8.39. The van der Waals surface area contributed by atoms with Gasteiger partial charge in [0, 0.05) is 0 Å². The maximum absolute atomic E-state index is 8.39. The summed E-state index contributed by atoms with van der Waals surface area (Å²) in [5.41, 5.74) is 0.691. The second-order valence-corrected chi connectivity index (χ2v) is 1.94. The minimum atomic E-state index is 0.0445. The summed E-state index contributed by atoms with van der Waals surface area (Å²) >= 11 is 0. The van der Waals surface area contributed by atoms with E-state index in [1.54, 1.807) is 25.1 Å². The second kappa shape index (κ2) is 5.24. The summed E-state index contributed by atoms with van der Waals surface area (Å²) in [5, 5.41) is 19.5. The van der Waals surface area contributed by atoms with Gasteiger partial charge in [0.25, 0.3) is 0 Å². The summed E-state index contributed by atoms with van der Waals surface area (Å²) in [6.07, 6.45) is 5.31. The fourth-order valence-corrected chi connectivity index (χ4v) is 0.509. The highest BCUT2D eigenvalue weighted by molar-refractivity contribution is 6.10. The highest BCUT2D eigenvalue weighted by Crippen LogP contribution is 1.96. The van der Waals surface area contributed by atoms with E-state index in [2.05, 4.69) is 5.16 Å². The first-order valence-electron chi connectivity index (χ1n) is 3.18. The van der Waals surface area contributed by atoms with E-state index in [9.17, 15) is 0 Å². The van der Waals surface area contributed by atoms with Gasteiger partial charge in [-0.3, -0.25) is 0 Å². The molecule has 11 heavy (non-hydrogen) atoms. The van der Waals surface area contributed by atoms with Crippen LogP contribution in [-0.2, 0) is 0 Å². The van der Waals surface area contributed by atoms with E-state index in [-0.39, 0.29) is 5.71 Å². The Morgan fingerprint density at radius 3 is 2.64 bits per heavy atom. The monoisotopic (exact) mass is 150 g/mol. The number of nitriles is 1. The Labute approximate surface area is 66.0 Å². The van der Waals surface area contributed by atoms with Gasteiger partial charge in [-0.15, -0.1) is 0 Å². The molecule has 0 aromatic heterocycles. The van der Waals surface area contributed by atoms with Gasteiger partial charge >= 0.3 is 0 Å². The fourth-order valence-electron chi connectivity index (χ4n) is 0.509. The molecule has 0 bridgehead atoms. The quantitative estimate of drug-likeness (QED) is 0.282. The SMILES string of the molecule is C\C=C/C=C(C)\C(C#N)=N\O. The van der Waals surface area contributed by atoms with Gasteiger partial charge in [-0.25, -0.2) is 0 Å². The third-order valence-electron chi connectivity index (χ3n) is 1.12. The van der Waals surface area contributed by atoms with Gasteiger partial charge in [0.05, 0.1) is 0 Å². The van der Waals surface area contributed by atoms with Crippen molar-refractivity contribution < 1.29 is 5.21 Å². The molecule has 0 aromatic carbocycles. The number of hydrogen-bond donors (Lipinski definition) is 1. The van der Waals surface area contributed by atoms with Crippen LogP contribution in [-0.4, -0.2) is 10.9 Å². The molecule has 0 aliphatic rings. The highest BCUT2D eigenvalue weighted by Gasteiger charge is 1.97. The van der Waals surface area contributed by atoms with Gasteiger partial charge < -0.3 is 5.21 Å². The van der Waals surface area contributed by atoms with Crippen LogP contribution in [0.15, 0.2) is 29.0 Å². The Bertz CT molecular complexity index is 243. The Balaban J connectivity index is 4.49. The van der Waals surface area contributed by atoms with Crippen molar-refractivity contribution >= 4 is 5.71 Å². The van der Waals surface area contributed by atoms with E-state index in [0.29, 0.717) is 5.57 Å². The van der Waals surface area contributed by atoms with Gasteiger partial charge in [-0.1, -0.05) is 23.4 Å². The number of rotatable bonds is 2. The van der Waals surface area contributed by atoms with E-state index < -0.39 is 0 Å². The van der Waals surface area contributed by atoms with Crippen molar-refractivity contribution in [1.82, 2.24) is 0 Å². The van der Waals surface area contributed by atoms with E-state index in [0.717, 1.165) is 0 Å². The largest absolute Gasteiger partial charge is 0.410 e. The second-order valence-electron chi connectivity index (χ2n) is 1.94.